The summed E-state index contributed by atoms with van der Waals surface area (Å²) in [6.07, 6.45) is 2.93. The van der Waals surface area contributed by atoms with E-state index in [-0.39, 0.29) is 5.91 Å². The highest BCUT2D eigenvalue weighted by atomic mass is 16.2. The number of pyridine rings is 1. The average Bonchev–Trinajstić information content (AvgIpc) is 2.47. The monoisotopic (exact) mass is 290 g/mol. The molecule has 0 bridgehead atoms. The number of anilines is 1. The molecule has 5 heteroatoms. The Labute approximate surface area is 127 Å². The first-order valence-corrected chi connectivity index (χ1v) is 7.64. The number of nitrogens with one attached hydrogen (secondary N) is 1. The highest BCUT2D eigenvalue weighted by Crippen LogP contribution is 2.24. The number of amides is 1. The molecule has 0 radical (unpaired) electrons. The van der Waals surface area contributed by atoms with E-state index in [2.05, 4.69) is 28.2 Å². The van der Waals surface area contributed by atoms with Crippen LogP contribution in [0.4, 0.5) is 5.69 Å². The third kappa shape index (κ3) is 3.53. The number of nitrogens with zero attached hydrogens (tertiary/aromatic N) is 3. The van der Waals surface area contributed by atoms with Gasteiger partial charge in [-0.2, -0.15) is 0 Å². The average molecular weight is 290 g/mol. The molecular formula is C16H26N4O. The fraction of sp³-hybridized carbons (Fsp3) is 0.625. The molecule has 0 spiro atoms. The highest BCUT2D eigenvalue weighted by molar-refractivity contribution is 5.86. The second-order valence-corrected chi connectivity index (χ2v) is 6.17. The van der Waals surface area contributed by atoms with Gasteiger partial charge in [0.15, 0.2) is 0 Å². The van der Waals surface area contributed by atoms with Gasteiger partial charge in [0.05, 0.1) is 11.2 Å². The van der Waals surface area contributed by atoms with Crippen LogP contribution >= 0.6 is 0 Å². The Balaban J connectivity index is 2.09. The van der Waals surface area contributed by atoms with Gasteiger partial charge in [0.2, 0.25) is 5.91 Å². The number of hydrogen-bond acceptors (Lipinski definition) is 4. The molecule has 5 nitrogen and oxygen atoms in total. The van der Waals surface area contributed by atoms with Crippen LogP contribution in [0.3, 0.4) is 0 Å². The summed E-state index contributed by atoms with van der Waals surface area (Å²) >= 11 is 0. The van der Waals surface area contributed by atoms with Gasteiger partial charge in [-0.25, -0.2) is 0 Å². The number of carbonyl (C=O) groups excluding carboxylic acids is 1. The van der Waals surface area contributed by atoms with Gasteiger partial charge in [0, 0.05) is 45.1 Å². The number of rotatable bonds is 5. The summed E-state index contributed by atoms with van der Waals surface area (Å²) in [5, 5.41) is 3.37. The number of carbonyl (C=O) groups is 1. The SMILES string of the molecule is CCCNc1ccnc(CN2CCN(C)C(=O)C2(C)C)c1. The van der Waals surface area contributed by atoms with E-state index in [1.807, 2.05) is 38.1 Å². The van der Waals surface area contributed by atoms with Crippen molar-refractivity contribution in [3.05, 3.63) is 24.0 Å². The third-order valence-corrected chi connectivity index (χ3v) is 4.11. The van der Waals surface area contributed by atoms with E-state index in [1.54, 1.807) is 0 Å². The summed E-state index contributed by atoms with van der Waals surface area (Å²) < 4.78 is 0. The van der Waals surface area contributed by atoms with E-state index in [9.17, 15) is 4.79 Å². The minimum Gasteiger partial charge on any atom is -0.385 e. The first-order chi connectivity index (χ1) is 9.95. The van der Waals surface area contributed by atoms with E-state index >= 15 is 0 Å². The molecule has 0 aromatic carbocycles. The van der Waals surface area contributed by atoms with Crippen molar-refractivity contribution >= 4 is 11.6 Å². The van der Waals surface area contributed by atoms with Crippen LogP contribution in [-0.4, -0.2) is 52.9 Å². The van der Waals surface area contributed by atoms with E-state index in [4.69, 9.17) is 0 Å². The Morgan fingerprint density at radius 2 is 2.14 bits per heavy atom. The zero-order chi connectivity index (χ0) is 15.5. The molecule has 0 aliphatic carbocycles. The molecule has 1 aliphatic heterocycles. The maximum absolute atomic E-state index is 12.3. The first kappa shape index (κ1) is 15.8. The Hall–Kier alpha value is -1.62. The third-order valence-electron chi connectivity index (χ3n) is 4.11. The van der Waals surface area contributed by atoms with Gasteiger partial charge in [-0.15, -0.1) is 0 Å². The molecule has 0 unspecified atom stereocenters. The normalized spacial score (nSPS) is 18.9. The Morgan fingerprint density at radius 3 is 2.86 bits per heavy atom. The maximum Gasteiger partial charge on any atom is 0.242 e. The van der Waals surface area contributed by atoms with Gasteiger partial charge < -0.3 is 10.2 Å². The molecule has 1 aromatic heterocycles. The van der Waals surface area contributed by atoms with Gasteiger partial charge in [-0.1, -0.05) is 6.92 Å². The fourth-order valence-corrected chi connectivity index (χ4v) is 2.67. The summed E-state index contributed by atoms with van der Waals surface area (Å²) in [6.45, 7) is 9.44. The Kier molecular flexibility index (Phi) is 4.83. The zero-order valence-electron chi connectivity index (χ0n) is 13.5. The molecular weight excluding hydrogens is 264 g/mol. The van der Waals surface area contributed by atoms with Gasteiger partial charge >= 0.3 is 0 Å². The highest BCUT2D eigenvalue weighted by Gasteiger charge is 2.40. The number of piperazine rings is 1. The Morgan fingerprint density at radius 1 is 1.38 bits per heavy atom. The van der Waals surface area contributed by atoms with Crippen LogP contribution in [0.5, 0.6) is 0 Å². The zero-order valence-corrected chi connectivity index (χ0v) is 13.5. The largest absolute Gasteiger partial charge is 0.385 e. The minimum atomic E-state index is -0.471. The molecule has 2 heterocycles. The van der Waals surface area contributed by atoms with E-state index < -0.39 is 5.54 Å². The molecule has 1 amide bonds. The van der Waals surface area contributed by atoms with Crippen molar-refractivity contribution in [1.29, 1.82) is 0 Å². The van der Waals surface area contributed by atoms with Gasteiger partial charge in [-0.3, -0.25) is 14.7 Å². The first-order valence-electron chi connectivity index (χ1n) is 7.64. The van der Waals surface area contributed by atoms with Crippen LogP contribution in [0.25, 0.3) is 0 Å². The second-order valence-electron chi connectivity index (χ2n) is 6.17. The molecule has 1 N–H and O–H groups in total. The van der Waals surface area contributed by atoms with Crippen LogP contribution in [-0.2, 0) is 11.3 Å². The molecule has 1 fully saturated rings. The molecule has 1 saturated heterocycles. The van der Waals surface area contributed by atoms with Crippen LogP contribution in [0.15, 0.2) is 18.3 Å². The molecule has 2 rings (SSSR count). The van der Waals surface area contributed by atoms with Crippen LogP contribution < -0.4 is 5.32 Å². The number of hydrogen-bond donors (Lipinski definition) is 1. The van der Waals surface area contributed by atoms with Gasteiger partial charge in [-0.05, 0) is 32.4 Å². The van der Waals surface area contributed by atoms with Crippen LogP contribution in [0, 0.1) is 0 Å². The predicted octanol–water partition coefficient (Wildman–Crippen LogP) is 1.96. The molecule has 1 aliphatic rings. The minimum absolute atomic E-state index is 0.175. The lowest BCUT2D eigenvalue weighted by atomic mass is 9.97. The lowest BCUT2D eigenvalue weighted by Gasteiger charge is -2.44. The molecule has 0 atom stereocenters. The predicted molar refractivity (Wildman–Crippen MR) is 85.1 cm³/mol. The van der Waals surface area contributed by atoms with E-state index in [0.29, 0.717) is 6.54 Å². The Bertz CT molecular complexity index is 501. The van der Waals surface area contributed by atoms with Gasteiger partial charge in [0.1, 0.15) is 0 Å². The smallest absolute Gasteiger partial charge is 0.242 e. The number of aromatic nitrogens is 1. The maximum atomic E-state index is 12.3. The van der Waals surface area contributed by atoms with Crippen molar-refractivity contribution in [2.75, 3.05) is 32.0 Å². The second kappa shape index (κ2) is 6.43. The summed E-state index contributed by atoms with van der Waals surface area (Å²) in [5.74, 6) is 0.175. The van der Waals surface area contributed by atoms with Crippen LogP contribution in [0.2, 0.25) is 0 Å². The molecule has 0 saturated carbocycles. The standard InChI is InChI=1S/C16H26N4O/c1-5-7-17-13-6-8-18-14(11-13)12-20-10-9-19(4)15(21)16(20,2)3/h6,8,11H,5,7,9-10,12H2,1-4H3,(H,17,18). The van der Waals surface area contributed by atoms with Crippen LogP contribution in [0.1, 0.15) is 32.9 Å². The van der Waals surface area contributed by atoms with Crippen molar-refractivity contribution in [3.8, 4) is 0 Å². The summed E-state index contributed by atoms with van der Waals surface area (Å²) in [5.41, 5.74) is 1.63. The quantitative estimate of drug-likeness (QED) is 0.900. The van der Waals surface area contributed by atoms with E-state index in [1.165, 1.54) is 0 Å². The van der Waals surface area contributed by atoms with Crippen molar-refractivity contribution in [2.24, 2.45) is 0 Å². The fourth-order valence-electron chi connectivity index (χ4n) is 2.67. The summed E-state index contributed by atoms with van der Waals surface area (Å²) in [7, 11) is 1.87. The molecule has 116 valence electrons. The lowest BCUT2D eigenvalue weighted by Crippen LogP contribution is -2.61. The van der Waals surface area contributed by atoms with Crippen molar-refractivity contribution in [3.63, 3.8) is 0 Å². The van der Waals surface area contributed by atoms with Crippen molar-refractivity contribution in [1.82, 2.24) is 14.8 Å². The summed E-state index contributed by atoms with van der Waals surface area (Å²) in [6, 6.07) is 4.06. The van der Waals surface area contributed by atoms with Crippen molar-refractivity contribution < 1.29 is 4.79 Å². The molecule has 1 aromatic rings. The van der Waals surface area contributed by atoms with Crippen molar-refractivity contribution in [2.45, 2.75) is 39.3 Å². The summed E-state index contributed by atoms with van der Waals surface area (Å²) in [4.78, 5) is 20.8. The van der Waals surface area contributed by atoms with Gasteiger partial charge in [0.25, 0.3) is 0 Å². The number of likely N-dealkylation sites (N-methyl/N-ethyl adjacent to an activating group) is 1. The lowest BCUT2D eigenvalue weighted by molar-refractivity contribution is -0.147. The topological polar surface area (TPSA) is 48.5 Å². The van der Waals surface area contributed by atoms with E-state index in [0.717, 1.165) is 37.4 Å². The molecule has 21 heavy (non-hydrogen) atoms.